The molecule has 194 valence electrons. The molecule has 0 aliphatic carbocycles. The molecule has 1 fully saturated rings. The van der Waals surface area contributed by atoms with Crippen LogP contribution < -0.4 is 10.1 Å². The van der Waals surface area contributed by atoms with Crippen LogP contribution in [0, 0.1) is 6.92 Å². The van der Waals surface area contributed by atoms with Gasteiger partial charge in [0.2, 0.25) is 0 Å². The monoisotopic (exact) mass is 527 g/mol. The van der Waals surface area contributed by atoms with E-state index in [-0.39, 0.29) is 11.9 Å². The molecule has 4 aromatic rings. The van der Waals surface area contributed by atoms with Crippen LogP contribution in [-0.4, -0.2) is 59.0 Å². The molecular weight excluding hydrogens is 498 g/mol. The predicted molar refractivity (Wildman–Crippen MR) is 150 cm³/mol. The van der Waals surface area contributed by atoms with Crippen LogP contribution in [0.15, 0.2) is 71.8 Å². The average molecular weight is 528 g/mol. The number of aromatic nitrogens is 2. The first-order valence-electron chi connectivity index (χ1n) is 12.7. The Bertz CT molecular complexity index is 1520. The smallest absolute Gasteiger partial charge is 0.261 e. The maximum absolute atomic E-state index is 12.9. The van der Waals surface area contributed by atoms with E-state index >= 15 is 0 Å². The molecule has 1 amide bonds. The zero-order valence-electron chi connectivity index (χ0n) is 21.4. The van der Waals surface area contributed by atoms with Crippen molar-refractivity contribution in [2.24, 2.45) is 5.16 Å². The Balaban J connectivity index is 1.17. The lowest BCUT2D eigenvalue weighted by Crippen LogP contribution is -2.53. The van der Waals surface area contributed by atoms with Crippen molar-refractivity contribution in [1.82, 2.24) is 19.8 Å². The number of nitrogens with one attached hydrogen (secondary N) is 1. The second-order valence-electron chi connectivity index (χ2n) is 9.54. The zero-order valence-corrected chi connectivity index (χ0v) is 22.2. The van der Waals surface area contributed by atoms with Gasteiger partial charge >= 0.3 is 0 Å². The molecule has 1 saturated heterocycles. The highest BCUT2D eigenvalue weighted by molar-refractivity contribution is 7.20. The molecule has 2 aliphatic rings. The van der Waals surface area contributed by atoms with Gasteiger partial charge in [-0.3, -0.25) is 4.79 Å². The SMILES string of the molecule is COc1cc(/C=C2\CCCN3C2=NOC[C@@H]3CNC(=O)c2cc3ccccc3s2)ccc1-n1cnc(C)c1. The van der Waals surface area contributed by atoms with E-state index in [1.807, 2.05) is 60.2 Å². The Morgan fingerprint density at radius 2 is 2.16 bits per heavy atom. The number of nitrogens with zero attached hydrogens (tertiary/aromatic N) is 4. The summed E-state index contributed by atoms with van der Waals surface area (Å²) in [5.74, 6) is 1.56. The van der Waals surface area contributed by atoms with Crippen LogP contribution in [0.4, 0.5) is 0 Å². The lowest BCUT2D eigenvalue weighted by molar-refractivity contribution is 0.0562. The second-order valence-corrected chi connectivity index (χ2v) is 10.6. The van der Waals surface area contributed by atoms with Gasteiger partial charge in [-0.05, 0) is 66.6 Å². The summed E-state index contributed by atoms with van der Waals surface area (Å²) in [4.78, 5) is 25.9. The molecule has 0 radical (unpaired) electrons. The largest absolute Gasteiger partial charge is 0.495 e. The van der Waals surface area contributed by atoms with Crippen LogP contribution in [-0.2, 0) is 4.84 Å². The summed E-state index contributed by atoms with van der Waals surface area (Å²) in [6.07, 6.45) is 7.83. The number of rotatable bonds is 6. The van der Waals surface area contributed by atoms with Gasteiger partial charge in [0, 0.05) is 24.0 Å². The van der Waals surface area contributed by atoms with Crippen molar-refractivity contribution in [2.45, 2.75) is 25.8 Å². The summed E-state index contributed by atoms with van der Waals surface area (Å²) in [6.45, 7) is 3.78. The molecule has 0 unspecified atom stereocenters. The molecular formula is C29H29N5O3S. The molecule has 9 heteroatoms. The third kappa shape index (κ3) is 4.77. The number of thiophene rings is 1. The van der Waals surface area contributed by atoms with Crippen LogP contribution in [0.3, 0.4) is 0 Å². The Hall–Kier alpha value is -4.11. The highest BCUT2D eigenvalue weighted by atomic mass is 32.1. The number of methoxy groups -OCH3 is 1. The third-order valence-corrected chi connectivity index (χ3v) is 8.06. The summed E-state index contributed by atoms with van der Waals surface area (Å²) in [6, 6.07) is 16.2. The van der Waals surface area contributed by atoms with Gasteiger partial charge in [-0.15, -0.1) is 11.3 Å². The number of oxime groups is 1. The highest BCUT2D eigenvalue weighted by Crippen LogP contribution is 2.30. The Morgan fingerprint density at radius 3 is 2.97 bits per heavy atom. The first-order valence-corrected chi connectivity index (χ1v) is 13.5. The van der Waals surface area contributed by atoms with Crippen molar-refractivity contribution < 1.29 is 14.4 Å². The van der Waals surface area contributed by atoms with Crippen molar-refractivity contribution >= 4 is 39.2 Å². The Morgan fingerprint density at radius 1 is 1.26 bits per heavy atom. The lowest BCUT2D eigenvalue weighted by atomic mass is 9.98. The van der Waals surface area contributed by atoms with Gasteiger partial charge < -0.3 is 24.4 Å². The Kier molecular flexibility index (Phi) is 6.59. The second kappa shape index (κ2) is 10.3. The Labute approximate surface area is 225 Å². The molecule has 2 aromatic heterocycles. The number of amidine groups is 1. The van der Waals surface area contributed by atoms with Gasteiger partial charge in [0.15, 0.2) is 5.84 Å². The van der Waals surface area contributed by atoms with Crippen molar-refractivity contribution in [3.63, 3.8) is 0 Å². The van der Waals surface area contributed by atoms with Crippen LogP contribution in [0.5, 0.6) is 5.75 Å². The van der Waals surface area contributed by atoms with E-state index in [4.69, 9.17) is 9.57 Å². The van der Waals surface area contributed by atoms with E-state index in [0.717, 1.165) is 68.5 Å². The molecule has 8 nitrogen and oxygen atoms in total. The molecule has 38 heavy (non-hydrogen) atoms. The number of fused-ring (bicyclic) bond motifs is 2. The van der Waals surface area contributed by atoms with Crippen molar-refractivity contribution in [2.75, 3.05) is 26.8 Å². The van der Waals surface area contributed by atoms with Crippen molar-refractivity contribution in [1.29, 1.82) is 0 Å². The minimum absolute atomic E-state index is 0.0194. The molecule has 0 spiro atoms. The van der Waals surface area contributed by atoms with Gasteiger partial charge in [0.1, 0.15) is 12.4 Å². The fourth-order valence-electron chi connectivity index (χ4n) is 5.03. The minimum Gasteiger partial charge on any atom is -0.495 e. The van der Waals surface area contributed by atoms with Crippen LogP contribution in [0.1, 0.15) is 33.8 Å². The summed E-state index contributed by atoms with van der Waals surface area (Å²) in [5, 5.41) is 8.63. The van der Waals surface area contributed by atoms with Gasteiger partial charge in [-0.2, -0.15) is 0 Å². The van der Waals surface area contributed by atoms with E-state index < -0.39 is 0 Å². The van der Waals surface area contributed by atoms with Crippen LogP contribution in [0.2, 0.25) is 0 Å². The first kappa shape index (κ1) is 24.2. The maximum Gasteiger partial charge on any atom is 0.261 e. The first-order chi connectivity index (χ1) is 18.6. The van der Waals surface area contributed by atoms with E-state index in [9.17, 15) is 4.79 Å². The van der Waals surface area contributed by atoms with Gasteiger partial charge in [-0.25, -0.2) is 4.98 Å². The molecule has 1 N–H and O–H groups in total. The number of carbonyl (C=O) groups is 1. The van der Waals surface area contributed by atoms with E-state index in [0.29, 0.717) is 13.2 Å². The number of piperidine rings is 1. The summed E-state index contributed by atoms with van der Waals surface area (Å²) in [5.41, 5.74) is 4.03. The zero-order chi connectivity index (χ0) is 26.1. The van der Waals surface area contributed by atoms with Gasteiger partial charge in [0.25, 0.3) is 5.91 Å². The number of imidazole rings is 1. The van der Waals surface area contributed by atoms with E-state index in [2.05, 4.69) is 32.5 Å². The van der Waals surface area contributed by atoms with Crippen LogP contribution >= 0.6 is 11.3 Å². The predicted octanol–water partition coefficient (Wildman–Crippen LogP) is 5.03. The molecule has 1 atom stereocenters. The number of aryl methyl sites for hydroxylation is 1. The fraction of sp³-hybridized carbons (Fsp3) is 0.276. The molecule has 0 bridgehead atoms. The summed E-state index contributed by atoms with van der Waals surface area (Å²) < 4.78 is 8.77. The number of carbonyl (C=O) groups excluding carboxylic acids is 1. The number of hydrogen-bond donors (Lipinski definition) is 1. The molecule has 6 rings (SSSR count). The summed E-state index contributed by atoms with van der Waals surface area (Å²) in [7, 11) is 1.68. The number of amides is 1. The normalized spacial score (nSPS) is 18.2. The standard InChI is InChI=1S/C29H29N5O3S/c1-19-16-33(18-31-19)24-10-9-20(13-25(24)36-2)12-22-7-5-11-34-23(17-37-32-28(22)34)15-30-29(35)27-14-21-6-3-4-8-26(21)38-27/h3-4,6,8-10,12-14,16,18,23H,5,7,11,15,17H2,1-2H3,(H,30,35)/b22-12+/t23-/m0/s1. The van der Waals surface area contributed by atoms with E-state index in [1.165, 1.54) is 11.3 Å². The number of ether oxygens (including phenoxy) is 1. The molecule has 4 heterocycles. The lowest BCUT2D eigenvalue weighted by Gasteiger charge is -2.40. The molecule has 2 aromatic carbocycles. The highest BCUT2D eigenvalue weighted by Gasteiger charge is 2.32. The van der Waals surface area contributed by atoms with Crippen LogP contribution in [0.25, 0.3) is 21.8 Å². The van der Waals surface area contributed by atoms with Gasteiger partial charge in [0.05, 0.1) is 35.7 Å². The van der Waals surface area contributed by atoms with Gasteiger partial charge in [-0.1, -0.05) is 29.4 Å². The molecule has 0 saturated carbocycles. The number of benzene rings is 2. The van der Waals surface area contributed by atoms with Crippen molar-refractivity contribution in [3.8, 4) is 11.4 Å². The van der Waals surface area contributed by atoms with E-state index in [1.54, 1.807) is 13.4 Å². The fourth-order valence-corrected chi connectivity index (χ4v) is 6.01. The third-order valence-electron chi connectivity index (χ3n) is 6.95. The average Bonchev–Trinajstić information content (AvgIpc) is 3.58. The maximum atomic E-state index is 12.9. The topological polar surface area (TPSA) is 81.0 Å². The minimum atomic E-state index is -0.0525. The van der Waals surface area contributed by atoms with Crippen molar-refractivity contribution in [3.05, 3.63) is 82.8 Å². The summed E-state index contributed by atoms with van der Waals surface area (Å²) >= 11 is 1.52. The molecule has 2 aliphatic heterocycles. The number of hydrogen-bond acceptors (Lipinski definition) is 7. The quantitative estimate of drug-likeness (QED) is 0.381.